The van der Waals surface area contributed by atoms with E-state index in [1.807, 2.05) is 60.7 Å². The maximum atomic E-state index is 12.9. The van der Waals surface area contributed by atoms with Crippen LogP contribution in [0.25, 0.3) is 0 Å². The maximum absolute atomic E-state index is 12.9. The number of nitrogens with zero attached hydrogens (tertiary/aromatic N) is 2. The quantitative estimate of drug-likeness (QED) is 0.394. The molecule has 2 aromatic carbocycles. The highest BCUT2D eigenvalue weighted by molar-refractivity contribution is 8.04. The second kappa shape index (κ2) is 10.3. The summed E-state index contributed by atoms with van der Waals surface area (Å²) in [7, 11) is 0. The fourth-order valence-corrected chi connectivity index (χ4v) is 6.73. The van der Waals surface area contributed by atoms with Crippen molar-refractivity contribution in [1.29, 1.82) is 0 Å². The van der Waals surface area contributed by atoms with Crippen molar-refractivity contribution in [3.05, 3.63) is 71.8 Å². The number of hydrogen-bond donors (Lipinski definition) is 2. The topological polar surface area (TPSA) is 84.0 Å². The van der Waals surface area contributed by atoms with E-state index in [1.54, 1.807) is 0 Å². The van der Waals surface area contributed by atoms with Gasteiger partial charge in [-0.3, -0.25) is 9.59 Å². The minimum absolute atomic E-state index is 0.00377. The lowest BCUT2D eigenvalue weighted by Crippen LogP contribution is -2.29. The molecule has 3 aromatic rings. The Balaban J connectivity index is 1.32. The average Bonchev–Trinajstić information content (AvgIpc) is 3.77. The second-order valence-electron chi connectivity index (χ2n) is 8.22. The van der Waals surface area contributed by atoms with Crippen molar-refractivity contribution >= 4 is 46.7 Å². The molecule has 6 nitrogen and oxygen atoms in total. The van der Waals surface area contributed by atoms with Gasteiger partial charge in [0.15, 0.2) is 8.68 Å². The number of rotatable bonds is 10. The highest BCUT2D eigenvalue weighted by Gasteiger charge is 2.32. The average molecular weight is 497 g/mol. The number of aromatic nitrogens is 2. The number of carbonyl (C=O) groups excluding carboxylic acids is 2. The molecular formula is C24H24N4O2S3. The number of hydrogen-bond acceptors (Lipinski definition) is 7. The minimum Gasteiger partial charge on any atom is -0.352 e. The van der Waals surface area contributed by atoms with Crippen molar-refractivity contribution in [2.45, 2.75) is 56.9 Å². The molecule has 2 aliphatic carbocycles. The molecule has 1 heterocycles. The van der Waals surface area contributed by atoms with Gasteiger partial charge in [0.05, 0.1) is 0 Å². The van der Waals surface area contributed by atoms with Gasteiger partial charge in [0.25, 0.3) is 0 Å². The normalized spacial score (nSPS) is 17.2. The van der Waals surface area contributed by atoms with E-state index >= 15 is 0 Å². The second-order valence-corrected chi connectivity index (χ2v) is 11.9. The fraction of sp³-hybridized carbons (Fsp3) is 0.333. The van der Waals surface area contributed by atoms with Crippen molar-refractivity contribution in [1.82, 2.24) is 20.8 Å². The van der Waals surface area contributed by atoms with E-state index in [-0.39, 0.29) is 22.3 Å². The molecule has 2 fully saturated rings. The van der Waals surface area contributed by atoms with Crippen LogP contribution in [-0.2, 0) is 9.59 Å². The van der Waals surface area contributed by atoms with Crippen LogP contribution in [0.1, 0.15) is 47.3 Å². The highest BCUT2D eigenvalue weighted by Crippen LogP contribution is 2.43. The molecule has 2 amide bonds. The monoisotopic (exact) mass is 496 g/mol. The van der Waals surface area contributed by atoms with Gasteiger partial charge >= 0.3 is 0 Å². The Morgan fingerprint density at radius 1 is 0.727 bits per heavy atom. The summed E-state index contributed by atoms with van der Waals surface area (Å²) in [6, 6.07) is 20.1. The lowest BCUT2D eigenvalue weighted by Gasteiger charge is -2.15. The summed E-state index contributed by atoms with van der Waals surface area (Å²) in [4.78, 5) is 25.9. The van der Waals surface area contributed by atoms with Crippen molar-refractivity contribution in [2.75, 3.05) is 0 Å². The van der Waals surface area contributed by atoms with E-state index in [0.717, 1.165) is 36.8 Å². The zero-order valence-corrected chi connectivity index (χ0v) is 20.3. The molecule has 2 atom stereocenters. The summed E-state index contributed by atoms with van der Waals surface area (Å²) in [5.74, 6) is 0.00755. The number of carbonyl (C=O) groups is 2. The van der Waals surface area contributed by atoms with E-state index in [0.29, 0.717) is 20.8 Å². The van der Waals surface area contributed by atoms with Crippen LogP contribution in [0.5, 0.6) is 0 Å². The van der Waals surface area contributed by atoms with Crippen LogP contribution in [0.15, 0.2) is 69.3 Å². The van der Waals surface area contributed by atoms with Crippen LogP contribution < -0.4 is 10.6 Å². The third-order valence-electron chi connectivity index (χ3n) is 5.35. The Kier molecular flexibility index (Phi) is 6.99. The molecule has 0 spiro atoms. The predicted octanol–water partition coefficient (Wildman–Crippen LogP) is 4.76. The summed E-state index contributed by atoms with van der Waals surface area (Å²) in [6.07, 6.45) is 4.17. The van der Waals surface area contributed by atoms with Crippen molar-refractivity contribution < 1.29 is 9.59 Å². The summed E-state index contributed by atoms with van der Waals surface area (Å²) in [6.45, 7) is 0. The van der Waals surface area contributed by atoms with E-state index < -0.39 is 0 Å². The van der Waals surface area contributed by atoms with E-state index in [9.17, 15) is 9.59 Å². The number of thioether (sulfide) groups is 2. The van der Waals surface area contributed by atoms with Crippen molar-refractivity contribution in [2.24, 2.45) is 0 Å². The molecule has 5 rings (SSSR count). The summed E-state index contributed by atoms with van der Waals surface area (Å²) in [5.41, 5.74) is 1.88. The van der Waals surface area contributed by atoms with Crippen LogP contribution in [0.3, 0.4) is 0 Å². The van der Waals surface area contributed by atoms with Gasteiger partial charge in [0.1, 0.15) is 10.5 Å². The van der Waals surface area contributed by atoms with E-state index in [4.69, 9.17) is 0 Å². The molecule has 1 aromatic heterocycles. The minimum atomic E-state index is -0.388. The van der Waals surface area contributed by atoms with Crippen LogP contribution in [0.2, 0.25) is 0 Å². The van der Waals surface area contributed by atoms with Crippen LogP contribution >= 0.6 is 34.9 Å². The van der Waals surface area contributed by atoms with E-state index in [1.165, 1.54) is 34.9 Å². The third kappa shape index (κ3) is 6.16. The SMILES string of the molecule is O=C(NC1CC1)[C@H](Sc1nnc(S[C@@H](C(=O)NC2CC2)c2ccccc2)s1)c1ccccc1. The summed E-state index contributed by atoms with van der Waals surface area (Å²) < 4.78 is 1.43. The smallest absolute Gasteiger partial charge is 0.238 e. The van der Waals surface area contributed by atoms with Gasteiger partial charge in [-0.2, -0.15) is 0 Å². The van der Waals surface area contributed by atoms with Crippen molar-refractivity contribution in [3.8, 4) is 0 Å². The molecule has 2 N–H and O–H groups in total. The first-order valence-corrected chi connectivity index (χ1v) is 13.6. The first-order valence-electron chi connectivity index (χ1n) is 11.0. The molecule has 170 valence electrons. The number of nitrogens with one attached hydrogen (secondary N) is 2. The van der Waals surface area contributed by atoms with E-state index in [2.05, 4.69) is 20.8 Å². The Labute approximate surface area is 205 Å². The van der Waals surface area contributed by atoms with Gasteiger partial charge in [-0.1, -0.05) is 95.5 Å². The Hall–Kier alpha value is -2.36. The molecule has 9 heteroatoms. The zero-order chi connectivity index (χ0) is 22.6. The van der Waals surface area contributed by atoms with Gasteiger partial charge in [-0.25, -0.2) is 0 Å². The first kappa shape index (κ1) is 22.4. The highest BCUT2D eigenvalue weighted by atomic mass is 32.2. The summed E-state index contributed by atoms with van der Waals surface area (Å²) >= 11 is 4.25. The van der Waals surface area contributed by atoms with Crippen LogP contribution in [-0.4, -0.2) is 34.1 Å². The number of benzene rings is 2. The van der Waals surface area contributed by atoms with Gasteiger partial charge in [0, 0.05) is 12.1 Å². The Morgan fingerprint density at radius 2 is 1.12 bits per heavy atom. The Morgan fingerprint density at radius 3 is 1.48 bits per heavy atom. The first-order chi connectivity index (χ1) is 16.2. The molecule has 33 heavy (non-hydrogen) atoms. The standard InChI is InChI=1S/C24H24N4O2S3/c29-21(25-17-11-12-17)19(15-7-3-1-4-8-15)31-23-27-28-24(33-23)32-20(16-9-5-2-6-10-16)22(30)26-18-13-14-18/h1-10,17-20H,11-14H2,(H,25,29)(H,26,30)/t19-,20-/m1/s1. The number of amides is 2. The maximum Gasteiger partial charge on any atom is 0.238 e. The predicted molar refractivity (Wildman–Crippen MR) is 132 cm³/mol. The zero-order valence-electron chi connectivity index (χ0n) is 17.8. The molecule has 0 radical (unpaired) electrons. The molecule has 0 unspecified atom stereocenters. The molecular weight excluding hydrogens is 472 g/mol. The fourth-order valence-electron chi connectivity index (χ4n) is 3.30. The van der Waals surface area contributed by atoms with Crippen molar-refractivity contribution in [3.63, 3.8) is 0 Å². The van der Waals surface area contributed by atoms with Crippen LogP contribution in [0, 0.1) is 0 Å². The van der Waals surface area contributed by atoms with Gasteiger partial charge in [-0.05, 0) is 36.8 Å². The summed E-state index contributed by atoms with van der Waals surface area (Å²) in [5, 5.41) is 14.1. The largest absolute Gasteiger partial charge is 0.352 e. The Bertz CT molecular complexity index is 1020. The van der Waals surface area contributed by atoms with Gasteiger partial charge < -0.3 is 10.6 Å². The molecule has 2 aliphatic rings. The van der Waals surface area contributed by atoms with Gasteiger partial charge in [-0.15, -0.1) is 10.2 Å². The molecule has 0 saturated heterocycles. The third-order valence-corrected chi connectivity index (χ3v) is 8.95. The van der Waals surface area contributed by atoms with Gasteiger partial charge in [0.2, 0.25) is 11.8 Å². The molecule has 0 aliphatic heterocycles. The lowest BCUT2D eigenvalue weighted by molar-refractivity contribution is -0.121. The molecule has 0 bridgehead atoms. The molecule has 2 saturated carbocycles. The van der Waals surface area contributed by atoms with Crippen LogP contribution in [0.4, 0.5) is 0 Å². The lowest BCUT2D eigenvalue weighted by atomic mass is 10.1.